The summed E-state index contributed by atoms with van der Waals surface area (Å²) in [6.07, 6.45) is 10.6. The highest BCUT2D eigenvalue weighted by Gasteiger charge is 2.24. The van der Waals surface area contributed by atoms with Gasteiger partial charge in [-0.2, -0.15) is 4.52 Å². The van der Waals surface area contributed by atoms with Crippen molar-refractivity contribution in [2.75, 3.05) is 11.4 Å². The quantitative estimate of drug-likeness (QED) is 0.419. The van der Waals surface area contributed by atoms with E-state index in [4.69, 9.17) is 15.1 Å². The number of hydrogen-bond acceptors (Lipinski definition) is 6. The first-order valence-electron chi connectivity index (χ1n) is 13.0. The van der Waals surface area contributed by atoms with E-state index in [1.165, 1.54) is 35.8 Å². The van der Waals surface area contributed by atoms with Crippen molar-refractivity contribution in [2.24, 2.45) is 5.92 Å². The molecule has 4 aromatic heterocycles. The van der Waals surface area contributed by atoms with Crippen molar-refractivity contribution in [2.45, 2.75) is 65.8 Å². The van der Waals surface area contributed by atoms with E-state index in [1.807, 2.05) is 25.4 Å². The molecule has 1 aliphatic heterocycles. The highest BCUT2D eigenvalue weighted by atomic mass is 16.1. The molecule has 36 heavy (non-hydrogen) atoms. The standard InChI is InChI=1S/C29H32N6O/c1-18-8-9-22(15-30-18)23-13-24-17-34(11-10-26(24)31-16-23)29-20(3)19(2)28-32-25(12-21-6-4-5-7-21)14-27(36)35(28)33-29/h8-9,13-16,21H,4-7,10-12,17H2,1-3H3. The molecule has 0 unspecified atom stereocenters. The van der Waals surface area contributed by atoms with Crippen LogP contribution >= 0.6 is 0 Å². The molecule has 0 bridgehead atoms. The fourth-order valence-corrected chi connectivity index (χ4v) is 5.69. The van der Waals surface area contributed by atoms with Gasteiger partial charge < -0.3 is 4.90 Å². The van der Waals surface area contributed by atoms with Gasteiger partial charge in [-0.15, -0.1) is 5.10 Å². The molecule has 0 radical (unpaired) electrons. The van der Waals surface area contributed by atoms with Crippen LogP contribution < -0.4 is 10.5 Å². The van der Waals surface area contributed by atoms with E-state index in [9.17, 15) is 4.79 Å². The van der Waals surface area contributed by atoms with Crippen LogP contribution in [0.2, 0.25) is 0 Å². The minimum Gasteiger partial charge on any atom is -0.350 e. The van der Waals surface area contributed by atoms with Gasteiger partial charge in [-0.25, -0.2) is 4.98 Å². The van der Waals surface area contributed by atoms with E-state index in [0.717, 1.165) is 64.5 Å². The Morgan fingerprint density at radius 2 is 1.78 bits per heavy atom. The second kappa shape index (κ2) is 9.12. The Bertz CT molecular complexity index is 1500. The number of hydrogen-bond donors (Lipinski definition) is 0. The van der Waals surface area contributed by atoms with Crippen molar-refractivity contribution in [3.63, 3.8) is 0 Å². The fraction of sp³-hybridized carbons (Fsp3) is 0.414. The second-order valence-electron chi connectivity index (χ2n) is 10.4. The van der Waals surface area contributed by atoms with Gasteiger partial charge in [0.2, 0.25) is 0 Å². The number of nitrogens with zero attached hydrogens (tertiary/aromatic N) is 6. The summed E-state index contributed by atoms with van der Waals surface area (Å²) in [6.45, 7) is 7.66. The topological polar surface area (TPSA) is 76.3 Å². The van der Waals surface area contributed by atoms with E-state index in [0.29, 0.717) is 18.1 Å². The largest absolute Gasteiger partial charge is 0.350 e. The first-order chi connectivity index (χ1) is 17.5. The molecule has 0 amide bonds. The summed E-state index contributed by atoms with van der Waals surface area (Å²) in [5.41, 5.74) is 9.04. The van der Waals surface area contributed by atoms with Gasteiger partial charge in [0.15, 0.2) is 11.5 Å². The molecule has 7 nitrogen and oxygen atoms in total. The maximum absolute atomic E-state index is 13.1. The van der Waals surface area contributed by atoms with Crippen LogP contribution in [0.5, 0.6) is 0 Å². The minimum atomic E-state index is -0.0921. The summed E-state index contributed by atoms with van der Waals surface area (Å²) >= 11 is 0. The van der Waals surface area contributed by atoms with Crippen LogP contribution in [0.15, 0.2) is 41.5 Å². The molecule has 6 rings (SSSR count). The third-order valence-corrected chi connectivity index (χ3v) is 7.93. The molecule has 7 heteroatoms. The Hall–Kier alpha value is -3.61. The van der Waals surface area contributed by atoms with Gasteiger partial charge in [-0.3, -0.25) is 14.8 Å². The Morgan fingerprint density at radius 1 is 0.972 bits per heavy atom. The maximum atomic E-state index is 13.1. The van der Waals surface area contributed by atoms with Crippen LogP contribution in [0.4, 0.5) is 5.82 Å². The maximum Gasteiger partial charge on any atom is 0.274 e. The van der Waals surface area contributed by atoms with Crippen LogP contribution in [-0.4, -0.2) is 31.1 Å². The number of fused-ring (bicyclic) bond motifs is 2. The normalized spacial score (nSPS) is 16.0. The lowest BCUT2D eigenvalue weighted by Crippen LogP contribution is -2.34. The minimum absolute atomic E-state index is 0.0921. The monoisotopic (exact) mass is 480 g/mol. The number of aryl methyl sites for hydroxylation is 2. The molecular formula is C29H32N6O. The predicted octanol–water partition coefficient (Wildman–Crippen LogP) is 4.77. The lowest BCUT2D eigenvalue weighted by molar-refractivity contribution is 0.538. The Kier molecular flexibility index (Phi) is 5.78. The SMILES string of the molecule is Cc1ccc(-c2cnc3c(c2)CN(c2nn4c(=O)cc(CC5CCCC5)nc4c(C)c2C)CC3)cn1. The van der Waals surface area contributed by atoms with Crippen molar-refractivity contribution in [1.82, 2.24) is 24.6 Å². The Balaban J connectivity index is 1.33. The fourth-order valence-electron chi connectivity index (χ4n) is 5.69. The average Bonchev–Trinajstić information content (AvgIpc) is 3.39. The van der Waals surface area contributed by atoms with Gasteiger partial charge in [0.1, 0.15) is 0 Å². The Morgan fingerprint density at radius 3 is 2.56 bits per heavy atom. The van der Waals surface area contributed by atoms with E-state index < -0.39 is 0 Å². The van der Waals surface area contributed by atoms with Gasteiger partial charge in [0.25, 0.3) is 5.56 Å². The zero-order chi connectivity index (χ0) is 24.8. The molecule has 184 valence electrons. The highest BCUT2D eigenvalue weighted by Crippen LogP contribution is 2.30. The summed E-state index contributed by atoms with van der Waals surface area (Å²) in [6, 6.07) is 8.02. The van der Waals surface area contributed by atoms with Crippen LogP contribution in [0.3, 0.4) is 0 Å². The predicted molar refractivity (Wildman–Crippen MR) is 141 cm³/mol. The first-order valence-corrected chi connectivity index (χ1v) is 13.0. The number of aromatic nitrogens is 5. The lowest BCUT2D eigenvalue weighted by atomic mass is 10.0. The molecule has 1 saturated carbocycles. The zero-order valence-electron chi connectivity index (χ0n) is 21.3. The molecule has 4 aromatic rings. The highest BCUT2D eigenvalue weighted by molar-refractivity contribution is 5.64. The van der Waals surface area contributed by atoms with Crippen molar-refractivity contribution in [3.05, 3.63) is 80.8 Å². The third-order valence-electron chi connectivity index (χ3n) is 7.93. The van der Waals surface area contributed by atoms with Gasteiger partial charge >= 0.3 is 0 Å². The summed E-state index contributed by atoms with van der Waals surface area (Å²) in [5.74, 6) is 1.50. The van der Waals surface area contributed by atoms with Crippen molar-refractivity contribution in [3.8, 4) is 11.1 Å². The average molecular weight is 481 g/mol. The van der Waals surface area contributed by atoms with Gasteiger partial charge in [-0.1, -0.05) is 31.7 Å². The zero-order valence-corrected chi connectivity index (χ0v) is 21.3. The van der Waals surface area contributed by atoms with E-state index in [-0.39, 0.29) is 5.56 Å². The van der Waals surface area contributed by atoms with Gasteiger partial charge in [0, 0.05) is 77.3 Å². The first kappa shape index (κ1) is 22.8. The molecule has 1 fully saturated rings. The molecule has 2 aliphatic rings. The molecule has 0 N–H and O–H groups in total. The summed E-state index contributed by atoms with van der Waals surface area (Å²) in [4.78, 5) is 29.5. The Labute approximate surface area is 211 Å². The van der Waals surface area contributed by atoms with E-state index >= 15 is 0 Å². The molecule has 5 heterocycles. The summed E-state index contributed by atoms with van der Waals surface area (Å²) in [7, 11) is 0. The summed E-state index contributed by atoms with van der Waals surface area (Å²) < 4.78 is 1.50. The van der Waals surface area contributed by atoms with Crippen LogP contribution in [0, 0.1) is 26.7 Å². The molecule has 0 aromatic carbocycles. The van der Waals surface area contributed by atoms with E-state index in [2.05, 4.69) is 35.9 Å². The molecule has 0 atom stereocenters. The number of anilines is 1. The molecular weight excluding hydrogens is 448 g/mol. The number of pyridine rings is 2. The molecule has 0 spiro atoms. The van der Waals surface area contributed by atoms with Crippen molar-refractivity contribution in [1.29, 1.82) is 0 Å². The lowest BCUT2D eigenvalue weighted by Gasteiger charge is -2.31. The number of rotatable bonds is 4. The summed E-state index contributed by atoms with van der Waals surface area (Å²) in [5, 5.41) is 4.83. The van der Waals surface area contributed by atoms with Crippen molar-refractivity contribution >= 4 is 11.5 Å². The van der Waals surface area contributed by atoms with Crippen molar-refractivity contribution < 1.29 is 0 Å². The van der Waals surface area contributed by atoms with Gasteiger partial charge in [0.05, 0.1) is 0 Å². The second-order valence-corrected chi connectivity index (χ2v) is 10.4. The van der Waals surface area contributed by atoms with E-state index in [1.54, 1.807) is 6.07 Å². The van der Waals surface area contributed by atoms with Gasteiger partial charge in [-0.05, 0) is 50.8 Å². The molecule has 1 aliphatic carbocycles. The van der Waals surface area contributed by atoms with Crippen LogP contribution in [-0.2, 0) is 19.4 Å². The third kappa shape index (κ3) is 4.16. The smallest absolute Gasteiger partial charge is 0.274 e. The van der Waals surface area contributed by atoms with Crippen LogP contribution in [0.25, 0.3) is 16.8 Å². The molecule has 0 saturated heterocycles. The van der Waals surface area contributed by atoms with Crippen LogP contribution in [0.1, 0.15) is 59.5 Å².